The second kappa shape index (κ2) is 9.78. The molecule has 4 aliphatic carbocycles. The largest absolute Gasteiger partial charge is 0.399 e. The number of fused-ring (bicyclic) bond motifs is 7. The average molecular weight is 607 g/mol. The molecule has 5 aliphatic rings. The van der Waals surface area contributed by atoms with Crippen molar-refractivity contribution in [3.8, 4) is 0 Å². The zero-order chi connectivity index (χ0) is 31.2. The van der Waals surface area contributed by atoms with E-state index in [0.717, 1.165) is 17.5 Å². The van der Waals surface area contributed by atoms with Crippen LogP contribution in [0.15, 0.2) is 72.3 Å². The number of aliphatic hydroxyl groups is 2. The van der Waals surface area contributed by atoms with Crippen LogP contribution in [-0.4, -0.2) is 58.0 Å². The second-order valence-electron chi connectivity index (χ2n) is 13.4. The number of hydrogen-bond acceptors (Lipinski definition) is 8. The molecular formula is C34H36F2N2O6. The third-order valence-electron chi connectivity index (χ3n) is 11.3. The number of anilines is 3. The van der Waals surface area contributed by atoms with Gasteiger partial charge in [0.2, 0.25) is 0 Å². The van der Waals surface area contributed by atoms with Gasteiger partial charge in [0, 0.05) is 39.4 Å². The van der Waals surface area contributed by atoms with E-state index in [1.54, 1.807) is 25.1 Å². The second-order valence-corrected chi connectivity index (χ2v) is 13.4. The molecule has 1 heterocycles. The van der Waals surface area contributed by atoms with Crippen molar-refractivity contribution in [3.05, 3.63) is 77.9 Å². The standard InChI is InChI=1S/C34H36F2N2O6/c1-31-11-10-22(40)13-25(31)26(35)14-24-23-15-29-34(28(42)17-39,32(23,2)16-27(41)33(24,31)36)44-30(43-29)18-6-8-20(9-7-18)38-21-5-3-4-19(37)12-21/h3-13,23-24,26-27,29-30,38-39,41H,14-17,37H2,1-2H3/t23-,24-,26-,27-,29+,30+,31-,32-,33-,34+/m0/s1. The number of hydrogen-bond donors (Lipinski definition) is 4. The Morgan fingerprint density at radius 1 is 1.11 bits per heavy atom. The Bertz CT molecular complexity index is 1600. The normalized spacial score (nSPS) is 42.1. The van der Waals surface area contributed by atoms with Crippen molar-refractivity contribution in [2.24, 2.45) is 22.7 Å². The minimum atomic E-state index is -2.30. The molecule has 10 heteroatoms. The Kier molecular flexibility index (Phi) is 6.51. The number of ether oxygens (including phenoxy) is 2. The highest BCUT2D eigenvalue weighted by atomic mass is 19.1. The number of carbonyl (C=O) groups excluding carboxylic acids is 2. The number of allylic oxidation sites excluding steroid dienone is 4. The van der Waals surface area contributed by atoms with E-state index in [4.69, 9.17) is 15.2 Å². The molecule has 44 heavy (non-hydrogen) atoms. The summed E-state index contributed by atoms with van der Waals surface area (Å²) in [4.78, 5) is 25.8. The fraction of sp³-hybridized carbons (Fsp3) is 0.471. The highest BCUT2D eigenvalue weighted by molar-refractivity contribution is 6.01. The van der Waals surface area contributed by atoms with Crippen LogP contribution in [0.3, 0.4) is 0 Å². The molecule has 1 aliphatic heterocycles. The molecule has 0 spiro atoms. The maximum absolute atomic E-state index is 17.5. The van der Waals surface area contributed by atoms with Crippen LogP contribution in [-0.2, 0) is 19.1 Å². The number of ketones is 2. The lowest BCUT2D eigenvalue weighted by molar-refractivity contribution is -0.235. The molecule has 0 amide bonds. The Morgan fingerprint density at radius 2 is 1.86 bits per heavy atom. The first-order valence-electron chi connectivity index (χ1n) is 15.0. The van der Waals surface area contributed by atoms with E-state index < -0.39 is 76.8 Å². The number of benzene rings is 2. The Morgan fingerprint density at radius 3 is 2.57 bits per heavy atom. The number of aliphatic hydroxyl groups excluding tert-OH is 2. The third-order valence-corrected chi connectivity index (χ3v) is 11.3. The van der Waals surface area contributed by atoms with Crippen molar-refractivity contribution >= 4 is 28.6 Å². The van der Waals surface area contributed by atoms with E-state index in [1.165, 1.54) is 19.1 Å². The van der Waals surface area contributed by atoms with E-state index in [9.17, 15) is 19.8 Å². The van der Waals surface area contributed by atoms with Gasteiger partial charge in [-0.2, -0.15) is 0 Å². The number of carbonyl (C=O) groups is 2. The molecule has 0 aromatic heterocycles. The average Bonchev–Trinajstić information content (AvgIpc) is 3.49. The summed E-state index contributed by atoms with van der Waals surface area (Å²) < 4.78 is 46.2. The summed E-state index contributed by atoms with van der Waals surface area (Å²) in [6.07, 6.45) is -1.49. The van der Waals surface area contributed by atoms with Gasteiger partial charge in [-0.3, -0.25) is 9.59 Å². The van der Waals surface area contributed by atoms with E-state index in [0.29, 0.717) is 11.3 Å². The van der Waals surface area contributed by atoms with Crippen molar-refractivity contribution in [1.82, 2.24) is 0 Å². The zero-order valence-electron chi connectivity index (χ0n) is 24.5. The van der Waals surface area contributed by atoms with E-state index in [-0.39, 0.29) is 24.8 Å². The number of nitrogen functional groups attached to an aromatic ring is 1. The molecule has 7 rings (SSSR count). The number of Topliss-reactive ketones (excluding diaryl/α,β-unsaturated/α-hetero) is 1. The van der Waals surface area contributed by atoms with Crippen molar-refractivity contribution < 1.29 is 38.1 Å². The predicted octanol–water partition coefficient (Wildman–Crippen LogP) is 4.66. The fourth-order valence-electron chi connectivity index (χ4n) is 9.22. The van der Waals surface area contributed by atoms with Crippen molar-refractivity contribution in [1.29, 1.82) is 0 Å². The first-order valence-corrected chi connectivity index (χ1v) is 15.0. The maximum atomic E-state index is 17.5. The first kappa shape index (κ1) is 29.3. The molecule has 10 atom stereocenters. The number of rotatable bonds is 5. The molecule has 8 nitrogen and oxygen atoms in total. The summed E-state index contributed by atoms with van der Waals surface area (Å²) in [6.45, 7) is 2.46. The van der Waals surface area contributed by atoms with Gasteiger partial charge in [0.05, 0.1) is 12.2 Å². The molecule has 4 fully saturated rings. The van der Waals surface area contributed by atoms with Crippen LogP contribution < -0.4 is 11.1 Å². The summed E-state index contributed by atoms with van der Waals surface area (Å²) >= 11 is 0. The van der Waals surface area contributed by atoms with Crippen molar-refractivity contribution in [2.75, 3.05) is 17.7 Å². The van der Waals surface area contributed by atoms with Gasteiger partial charge < -0.3 is 30.7 Å². The molecule has 3 saturated carbocycles. The van der Waals surface area contributed by atoms with Crippen LogP contribution in [0, 0.1) is 22.7 Å². The van der Waals surface area contributed by atoms with Crippen LogP contribution in [0.25, 0.3) is 0 Å². The van der Waals surface area contributed by atoms with Crippen molar-refractivity contribution in [3.63, 3.8) is 0 Å². The van der Waals surface area contributed by atoms with Gasteiger partial charge in [0.1, 0.15) is 12.8 Å². The molecule has 1 saturated heterocycles. The molecule has 5 N–H and O–H groups in total. The lowest BCUT2D eigenvalue weighted by Gasteiger charge is -2.63. The summed E-state index contributed by atoms with van der Waals surface area (Å²) in [7, 11) is 0. The highest BCUT2D eigenvalue weighted by Crippen LogP contribution is 2.72. The monoisotopic (exact) mass is 606 g/mol. The summed E-state index contributed by atoms with van der Waals surface area (Å²) in [5.74, 6) is -2.63. The van der Waals surface area contributed by atoms with Crippen LogP contribution in [0.4, 0.5) is 25.8 Å². The molecule has 2 aromatic carbocycles. The zero-order valence-corrected chi connectivity index (χ0v) is 24.5. The SMILES string of the molecule is C[C@]12C=CC(=O)C=C1[C@@H](F)C[C@H]1[C@@H]3C[C@H]4O[C@@H](c5ccc(Nc6cccc(N)c6)cc5)O[C@@]4(C(=O)CO)[C@@]3(C)C[C@H](O)[C@@]12F. The number of alkyl halides is 2. The molecule has 0 bridgehead atoms. The molecular weight excluding hydrogens is 570 g/mol. The van der Waals surface area contributed by atoms with E-state index >= 15 is 8.78 Å². The highest BCUT2D eigenvalue weighted by Gasteiger charge is 2.80. The summed E-state index contributed by atoms with van der Waals surface area (Å²) in [5.41, 5.74) is 2.09. The lowest BCUT2D eigenvalue weighted by Crippen LogP contribution is -2.70. The molecule has 0 unspecified atom stereocenters. The Labute approximate surface area is 253 Å². The summed E-state index contributed by atoms with van der Waals surface area (Å²) in [5, 5.41) is 25.1. The lowest BCUT2D eigenvalue weighted by atomic mass is 9.44. The van der Waals surface area contributed by atoms with Gasteiger partial charge in [0.25, 0.3) is 0 Å². The summed E-state index contributed by atoms with van der Waals surface area (Å²) in [6, 6.07) is 14.6. The van der Waals surface area contributed by atoms with Gasteiger partial charge in [-0.05, 0) is 80.2 Å². The maximum Gasteiger partial charge on any atom is 0.193 e. The van der Waals surface area contributed by atoms with Crippen LogP contribution in [0.5, 0.6) is 0 Å². The predicted molar refractivity (Wildman–Crippen MR) is 158 cm³/mol. The minimum absolute atomic E-state index is 0.0342. The van der Waals surface area contributed by atoms with Crippen LogP contribution in [0.2, 0.25) is 0 Å². The Hall–Kier alpha value is -3.44. The number of nitrogens with one attached hydrogen (secondary N) is 1. The van der Waals surface area contributed by atoms with Crippen LogP contribution >= 0.6 is 0 Å². The third kappa shape index (κ3) is 3.74. The quantitative estimate of drug-likeness (QED) is 0.362. The van der Waals surface area contributed by atoms with E-state index in [1.807, 2.05) is 30.3 Å². The van der Waals surface area contributed by atoms with Gasteiger partial charge in [-0.1, -0.05) is 31.2 Å². The van der Waals surface area contributed by atoms with Crippen LogP contribution in [0.1, 0.15) is 45.0 Å². The van der Waals surface area contributed by atoms with Gasteiger partial charge >= 0.3 is 0 Å². The fourth-order valence-corrected chi connectivity index (χ4v) is 9.22. The smallest absolute Gasteiger partial charge is 0.193 e. The molecule has 232 valence electrons. The first-order chi connectivity index (χ1) is 20.9. The molecule has 0 radical (unpaired) electrons. The van der Waals surface area contributed by atoms with Gasteiger partial charge in [-0.15, -0.1) is 0 Å². The topological polar surface area (TPSA) is 131 Å². The number of nitrogens with two attached hydrogens (primary N) is 1. The number of halogens is 2. The van der Waals surface area contributed by atoms with Gasteiger partial charge in [0.15, 0.2) is 29.1 Å². The van der Waals surface area contributed by atoms with Crippen molar-refractivity contribution in [2.45, 2.75) is 69.0 Å². The minimum Gasteiger partial charge on any atom is -0.399 e. The molecule has 2 aromatic rings. The van der Waals surface area contributed by atoms with E-state index in [2.05, 4.69) is 5.32 Å². The van der Waals surface area contributed by atoms with Gasteiger partial charge in [-0.25, -0.2) is 8.78 Å². The Balaban J connectivity index is 1.21.